The highest BCUT2D eigenvalue weighted by Gasteiger charge is 1.98. The van der Waals surface area contributed by atoms with Gasteiger partial charge in [0, 0.05) is 38.5 Å². The quantitative estimate of drug-likeness (QED) is 0.798. The second kappa shape index (κ2) is 7.56. The van der Waals surface area contributed by atoms with Crippen molar-refractivity contribution >= 4 is 11.6 Å². The highest BCUT2D eigenvalue weighted by molar-refractivity contribution is 5.88. The second-order valence-corrected chi connectivity index (χ2v) is 5.29. The van der Waals surface area contributed by atoms with Crippen LogP contribution in [0, 0.1) is 0 Å². The van der Waals surface area contributed by atoms with Crippen molar-refractivity contribution in [3.8, 4) is 0 Å². The smallest absolute Gasteiger partial charge is 0.250 e. The van der Waals surface area contributed by atoms with Crippen molar-refractivity contribution in [3.63, 3.8) is 0 Å². The number of nitrogens with one attached hydrogen (secondary N) is 2. The molecule has 0 fully saturated rings. The number of carbonyl (C=O) groups is 1. The minimum absolute atomic E-state index is 0.00279. The predicted molar refractivity (Wildman–Crippen MR) is 87.8 cm³/mol. The highest BCUT2D eigenvalue weighted by atomic mass is 16.1. The van der Waals surface area contributed by atoms with Crippen LogP contribution in [0.15, 0.2) is 47.4 Å². The van der Waals surface area contributed by atoms with Gasteiger partial charge in [-0.1, -0.05) is 18.2 Å². The first-order valence-electron chi connectivity index (χ1n) is 7.27. The van der Waals surface area contributed by atoms with Crippen molar-refractivity contribution in [3.05, 3.63) is 64.1 Å². The molecule has 2 rings (SSSR count). The third-order valence-corrected chi connectivity index (χ3v) is 3.34. The Bertz CT molecular complexity index is 690. The first kappa shape index (κ1) is 16.0. The molecule has 5 nitrogen and oxygen atoms in total. The zero-order valence-electron chi connectivity index (χ0n) is 12.9. The maximum Gasteiger partial charge on any atom is 0.250 e. The number of carbonyl (C=O) groups excluding carboxylic acids is 1. The molecule has 0 unspecified atom stereocenters. The largest absolute Gasteiger partial charge is 0.326 e. The van der Waals surface area contributed by atoms with Gasteiger partial charge in [-0.05, 0) is 36.2 Å². The summed E-state index contributed by atoms with van der Waals surface area (Å²) in [5.74, 6) is -0.0633. The molecule has 0 radical (unpaired) electrons. The van der Waals surface area contributed by atoms with Crippen LogP contribution >= 0.6 is 0 Å². The van der Waals surface area contributed by atoms with Gasteiger partial charge < -0.3 is 15.2 Å². The number of rotatable bonds is 6. The van der Waals surface area contributed by atoms with E-state index in [9.17, 15) is 9.59 Å². The number of benzene rings is 1. The van der Waals surface area contributed by atoms with Crippen LogP contribution < -0.4 is 16.2 Å². The average molecular weight is 299 g/mol. The van der Waals surface area contributed by atoms with Crippen molar-refractivity contribution < 1.29 is 4.79 Å². The Labute approximate surface area is 130 Å². The maximum atomic E-state index is 11.3. The number of aryl methyl sites for hydroxylation is 1. The molecule has 1 heterocycles. The topological polar surface area (TPSA) is 63.1 Å². The van der Waals surface area contributed by atoms with Crippen LogP contribution in [0.4, 0.5) is 5.69 Å². The van der Waals surface area contributed by atoms with Crippen LogP contribution in [0.5, 0.6) is 0 Å². The van der Waals surface area contributed by atoms with Gasteiger partial charge in [0.05, 0.1) is 0 Å². The Morgan fingerprint density at radius 3 is 2.41 bits per heavy atom. The summed E-state index contributed by atoms with van der Waals surface area (Å²) in [7, 11) is 1.75. The molecule has 0 bridgehead atoms. The molecule has 116 valence electrons. The molecule has 0 atom stereocenters. The molecule has 0 aliphatic carbocycles. The van der Waals surface area contributed by atoms with Gasteiger partial charge >= 0.3 is 0 Å². The van der Waals surface area contributed by atoms with Gasteiger partial charge in [-0.2, -0.15) is 0 Å². The molecule has 2 N–H and O–H groups in total. The van der Waals surface area contributed by atoms with E-state index in [1.54, 1.807) is 17.7 Å². The number of hydrogen-bond acceptors (Lipinski definition) is 3. The lowest BCUT2D eigenvalue weighted by molar-refractivity contribution is -0.114. The number of amides is 1. The van der Waals surface area contributed by atoms with Crippen LogP contribution in [0.3, 0.4) is 0 Å². The molecule has 2 aromatic rings. The highest BCUT2D eigenvalue weighted by Crippen LogP contribution is 2.09. The van der Waals surface area contributed by atoms with Crippen LogP contribution in [0.1, 0.15) is 18.1 Å². The lowest BCUT2D eigenvalue weighted by Gasteiger charge is -2.07. The average Bonchev–Trinajstić information content (AvgIpc) is 2.48. The molecule has 1 amide bonds. The molecule has 0 spiro atoms. The van der Waals surface area contributed by atoms with Gasteiger partial charge in [-0.15, -0.1) is 0 Å². The van der Waals surface area contributed by atoms with Gasteiger partial charge in [0.1, 0.15) is 0 Å². The molecule has 0 saturated heterocycles. The van der Waals surface area contributed by atoms with Gasteiger partial charge in [-0.25, -0.2) is 0 Å². The molecular weight excluding hydrogens is 278 g/mol. The van der Waals surface area contributed by atoms with Crippen LogP contribution in [0.2, 0.25) is 0 Å². The normalized spacial score (nSPS) is 10.5. The maximum absolute atomic E-state index is 11.3. The first-order chi connectivity index (χ1) is 10.5. The number of anilines is 1. The molecule has 22 heavy (non-hydrogen) atoms. The van der Waals surface area contributed by atoms with E-state index in [0.29, 0.717) is 0 Å². The molecule has 1 aromatic carbocycles. The summed E-state index contributed by atoms with van der Waals surface area (Å²) in [6.07, 6.45) is 2.75. The van der Waals surface area contributed by atoms with E-state index in [1.165, 1.54) is 12.5 Å². The summed E-state index contributed by atoms with van der Waals surface area (Å²) >= 11 is 0. The van der Waals surface area contributed by atoms with E-state index in [1.807, 2.05) is 36.5 Å². The lowest BCUT2D eigenvalue weighted by atomic mass is 10.1. The van der Waals surface area contributed by atoms with E-state index in [-0.39, 0.29) is 11.5 Å². The van der Waals surface area contributed by atoms with Gasteiger partial charge in [-0.3, -0.25) is 9.59 Å². The fraction of sp³-hybridized carbons (Fsp3) is 0.294. The van der Waals surface area contributed by atoms with Crippen molar-refractivity contribution in [2.24, 2.45) is 7.05 Å². The van der Waals surface area contributed by atoms with Crippen LogP contribution in [-0.4, -0.2) is 17.0 Å². The van der Waals surface area contributed by atoms with E-state index >= 15 is 0 Å². The van der Waals surface area contributed by atoms with Crippen molar-refractivity contribution in [1.29, 1.82) is 0 Å². The van der Waals surface area contributed by atoms with E-state index < -0.39 is 0 Å². The Hall–Kier alpha value is -2.40. The zero-order valence-corrected chi connectivity index (χ0v) is 12.9. The van der Waals surface area contributed by atoms with Gasteiger partial charge in [0.2, 0.25) is 11.5 Å². The van der Waals surface area contributed by atoms with Gasteiger partial charge in [0.15, 0.2) is 0 Å². The van der Waals surface area contributed by atoms with E-state index in [2.05, 4.69) is 10.6 Å². The Balaban J connectivity index is 1.77. The summed E-state index contributed by atoms with van der Waals surface area (Å²) in [5.41, 5.74) is 3.11. The molecule has 0 aliphatic rings. The number of nitrogens with zero attached hydrogens (tertiary/aromatic N) is 1. The summed E-state index contributed by atoms with van der Waals surface area (Å²) in [4.78, 5) is 22.2. The standard InChI is InChI=1S/C17H21N3O2/c1-13(21)19-16-6-3-14(4-7-16)9-10-18-11-15-5-8-17(22)20(2)12-15/h3-8,12,18H,9-11H2,1-2H3,(H,19,21). The minimum atomic E-state index is -0.0633. The summed E-state index contributed by atoms with van der Waals surface area (Å²) in [5, 5.41) is 6.11. The van der Waals surface area contributed by atoms with Crippen molar-refractivity contribution in [2.45, 2.75) is 19.9 Å². The van der Waals surface area contributed by atoms with Gasteiger partial charge in [0.25, 0.3) is 0 Å². The zero-order chi connectivity index (χ0) is 15.9. The fourth-order valence-electron chi connectivity index (χ4n) is 2.18. The first-order valence-corrected chi connectivity index (χ1v) is 7.27. The molecular formula is C17H21N3O2. The summed E-state index contributed by atoms with van der Waals surface area (Å²) in [6, 6.07) is 11.3. The minimum Gasteiger partial charge on any atom is -0.326 e. The monoisotopic (exact) mass is 299 g/mol. The van der Waals surface area contributed by atoms with Crippen molar-refractivity contribution in [2.75, 3.05) is 11.9 Å². The van der Waals surface area contributed by atoms with E-state index in [4.69, 9.17) is 0 Å². The number of aromatic nitrogens is 1. The Morgan fingerprint density at radius 2 is 1.77 bits per heavy atom. The summed E-state index contributed by atoms with van der Waals surface area (Å²) < 4.78 is 1.58. The fourth-order valence-corrected chi connectivity index (χ4v) is 2.18. The number of hydrogen-bond donors (Lipinski definition) is 2. The second-order valence-electron chi connectivity index (χ2n) is 5.29. The Morgan fingerprint density at radius 1 is 1.09 bits per heavy atom. The SMILES string of the molecule is CC(=O)Nc1ccc(CCNCc2ccc(=O)n(C)c2)cc1. The molecule has 1 aromatic heterocycles. The number of pyridine rings is 1. The third-order valence-electron chi connectivity index (χ3n) is 3.34. The lowest BCUT2D eigenvalue weighted by Crippen LogP contribution is -2.20. The molecule has 5 heteroatoms. The molecule has 0 aliphatic heterocycles. The Kier molecular flexibility index (Phi) is 5.49. The van der Waals surface area contributed by atoms with Crippen molar-refractivity contribution in [1.82, 2.24) is 9.88 Å². The predicted octanol–water partition coefficient (Wildman–Crippen LogP) is 1.68. The van der Waals surface area contributed by atoms with E-state index in [0.717, 1.165) is 30.8 Å². The third kappa shape index (κ3) is 4.86. The molecule has 0 saturated carbocycles. The summed E-state index contributed by atoms with van der Waals surface area (Å²) in [6.45, 7) is 3.08. The van der Waals surface area contributed by atoms with Crippen LogP contribution in [0.25, 0.3) is 0 Å². The van der Waals surface area contributed by atoms with Crippen LogP contribution in [-0.2, 0) is 24.8 Å².